The Morgan fingerprint density at radius 2 is 1.81 bits per heavy atom. The maximum Gasteiger partial charge on any atom is 0.359 e. The topological polar surface area (TPSA) is 88.6 Å². The van der Waals surface area contributed by atoms with Crippen LogP contribution in [0.25, 0.3) is 0 Å². The summed E-state index contributed by atoms with van der Waals surface area (Å²) in [6.07, 6.45) is 0. The van der Waals surface area contributed by atoms with Crippen LogP contribution in [0.2, 0.25) is 10.2 Å². The molecule has 0 bridgehead atoms. The Morgan fingerprint density at radius 1 is 1.15 bits per heavy atom. The summed E-state index contributed by atoms with van der Waals surface area (Å²) < 4.78 is 17.7. The molecule has 0 aliphatic carbocycles. The third-order valence-corrected chi connectivity index (χ3v) is 3.78. The van der Waals surface area contributed by atoms with E-state index in [2.05, 4.69) is 10.3 Å². The van der Waals surface area contributed by atoms with E-state index in [1.807, 2.05) is 0 Å². The van der Waals surface area contributed by atoms with E-state index in [1.165, 1.54) is 43.4 Å². The molecule has 142 valence electrons. The Balaban J connectivity index is 1.84. The number of halogens is 3. The highest BCUT2D eigenvalue weighted by molar-refractivity contribution is 6.34. The molecule has 0 aliphatic heterocycles. The summed E-state index contributed by atoms with van der Waals surface area (Å²) in [6.45, 7) is -0.895. The fraction of sp³-hybridized carbons (Fsp3) is 0.176. The van der Waals surface area contributed by atoms with Crippen molar-refractivity contribution in [1.29, 1.82) is 0 Å². The fourth-order valence-corrected chi connectivity index (χ4v) is 2.23. The minimum Gasteiger partial charge on any atom is -0.451 e. The maximum absolute atomic E-state index is 12.8. The van der Waals surface area contributed by atoms with Gasteiger partial charge in [0.15, 0.2) is 12.3 Å². The van der Waals surface area contributed by atoms with E-state index in [9.17, 15) is 18.8 Å². The summed E-state index contributed by atoms with van der Waals surface area (Å²) in [5, 5.41) is 2.59. The van der Waals surface area contributed by atoms with Crippen molar-refractivity contribution in [2.75, 3.05) is 25.5 Å². The van der Waals surface area contributed by atoms with Gasteiger partial charge in [0.25, 0.3) is 5.91 Å². The number of amides is 2. The van der Waals surface area contributed by atoms with Crippen molar-refractivity contribution in [3.8, 4) is 0 Å². The standard InChI is InChI=1S/C17H14Cl2FN3O4/c1-23(8-14(24)21-11-4-2-10(20)3-5-11)15(25)9-27-17(26)16-12(18)6-7-13(19)22-16/h2-7H,8-9H2,1H3,(H,21,24). The fourth-order valence-electron chi connectivity index (χ4n) is 1.90. The third kappa shape index (κ3) is 6.19. The number of hydrogen-bond donors (Lipinski definition) is 1. The number of carbonyl (C=O) groups is 3. The highest BCUT2D eigenvalue weighted by Gasteiger charge is 2.19. The average Bonchev–Trinajstić information content (AvgIpc) is 2.63. The highest BCUT2D eigenvalue weighted by atomic mass is 35.5. The van der Waals surface area contributed by atoms with Gasteiger partial charge < -0.3 is 15.0 Å². The van der Waals surface area contributed by atoms with E-state index >= 15 is 0 Å². The second-order valence-corrected chi connectivity index (χ2v) is 6.14. The number of likely N-dealkylation sites (N-methyl/N-ethyl adjacent to an activating group) is 1. The van der Waals surface area contributed by atoms with E-state index in [4.69, 9.17) is 27.9 Å². The van der Waals surface area contributed by atoms with Crippen molar-refractivity contribution >= 4 is 46.7 Å². The smallest absolute Gasteiger partial charge is 0.359 e. The second kappa shape index (κ2) is 9.29. The molecule has 0 aliphatic rings. The van der Waals surface area contributed by atoms with Crippen LogP contribution >= 0.6 is 23.2 Å². The van der Waals surface area contributed by atoms with Gasteiger partial charge in [-0.2, -0.15) is 0 Å². The monoisotopic (exact) mass is 413 g/mol. The van der Waals surface area contributed by atoms with Crippen LogP contribution in [-0.4, -0.2) is 47.9 Å². The molecule has 0 unspecified atom stereocenters. The summed E-state index contributed by atoms with van der Waals surface area (Å²) >= 11 is 11.5. The molecule has 1 aromatic heterocycles. The van der Waals surface area contributed by atoms with Crippen molar-refractivity contribution in [2.45, 2.75) is 0 Å². The van der Waals surface area contributed by atoms with E-state index in [1.54, 1.807) is 0 Å². The second-order valence-electron chi connectivity index (χ2n) is 5.35. The molecule has 2 aromatic rings. The van der Waals surface area contributed by atoms with Gasteiger partial charge in [-0.3, -0.25) is 9.59 Å². The van der Waals surface area contributed by atoms with Crippen LogP contribution < -0.4 is 5.32 Å². The van der Waals surface area contributed by atoms with E-state index in [0.717, 1.165) is 4.90 Å². The maximum atomic E-state index is 12.8. The van der Waals surface area contributed by atoms with Crippen LogP contribution in [0.5, 0.6) is 0 Å². The lowest BCUT2D eigenvalue weighted by atomic mass is 10.3. The molecule has 0 radical (unpaired) electrons. The molecular formula is C17H14Cl2FN3O4. The number of pyridine rings is 1. The Labute approximate surface area is 164 Å². The Bertz CT molecular complexity index is 862. The number of rotatable bonds is 6. The number of esters is 1. The molecular weight excluding hydrogens is 400 g/mol. The molecule has 0 fully saturated rings. The van der Waals surface area contributed by atoms with Gasteiger partial charge in [0.1, 0.15) is 11.0 Å². The molecule has 2 rings (SSSR count). The van der Waals surface area contributed by atoms with E-state index in [0.29, 0.717) is 5.69 Å². The molecule has 10 heteroatoms. The van der Waals surface area contributed by atoms with Crippen molar-refractivity contribution in [3.05, 3.63) is 58.1 Å². The van der Waals surface area contributed by atoms with E-state index in [-0.39, 0.29) is 22.4 Å². The molecule has 2 amide bonds. The molecule has 1 heterocycles. The lowest BCUT2D eigenvalue weighted by Crippen LogP contribution is -2.37. The lowest BCUT2D eigenvalue weighted by molar-refractivity contribution is -0.136. The summed E-state index contributed by atoms with van der Waals surface area (Å²) in [5.41, 5.74) is 0.170. The van der Waals surface area contributed by atoms with Crippen LogP contribution in [0.4, 0.5) is 10.1 Å². The van der Waals surface area contributed by atoms with Crippen LogP contribution in [0.1, 0.15) is 10.5 Å². The number of benzene rings is 1. The van der Waals surface area contributed by atoms with Crippen molar-refractivity contribution in [2.24, 2.45) is 0 Å². The minimum absolute atomic E-state index is 0.0314. The number of nitrogens with one attached hydrogen (secondary N) is 1. The zero-order valence-electron chi connectivity index (χ0n) is 14.0. The largest absolute Gasteiger partial charge is 0.451 e. The van der Waals surface area contributed by atoms with Crippen LogP contribution in [0, 0.1) is 5.82 Å². The molecule has 0 saturated carbocycles. The Morgan fingerprint density at radius 3 is 2.48 bits per heavy atom. The summed E-state index contributed by atoms with van der Waals surface area (Å²) in [5.74, 6) is -2.46. The number of hydrogen-bond acceptors (Lipinski definition) is 5. The molecule has 0 saturated heterocycles. The van der Waals surface area contributed by atoms with Crippen molar-refractivity contribution in [3.63, 3.8) is 0 Å². The first-order valence-corrected chi connectivity index (χ1v) is 8.30. The van der Waals surface area contributed by atoms with Gasteiger partial charge in [-0.05, 0) is 36.4 Å². The molecule has 27 heavy (non-hydrogen) atoms. The predicted molar refractivity (Wildman–Crippen MR) is 97.2 cm³/mol. The first-order valence-electron chi connectivity index (χ1n) is 7.55. The normalized spacial score (nSPS) is 10.2. The number of anilines is 1. The molecule has 0 atom stereocenters. The predicted octanol–water partition coefficient (Wildman–Crippen LogP) is 2.78. The number of nitrogens with zero attached hydrogens (tertiary/aromatic N) is 2. The zero-order chi connectivity index (χ0) is 20.0. The first kappa shape index (κ1) is 20.6. The number of ether oxygens (including phenoxy) is 1. The Hall–Kier alpha value is -2.71. The summed E-state index contributed by atoms with van der Waals surface area (Å²) in [4.78, 5) is 40.6. The van der Waals surface area contributed by atoms with Crippen LogP contribution in [0.15, 0.2) is 36.4 Å². The summed E-state index contributed by atoms with van der Waals surface area (Å²) in [7, 11) is 1.37. The van der Waals surface area contributed by atoms with Gasteiger partial charge in [0, 0.05) is 12.7 Å². The van der Waals surface area contributed by atoms with Crippen molar-refractivity contribution in [1.82, 2.24) is 9.88 Å². The van der Waals surface area contributed by atoms with Gasteiger partial charge in [-0.1, -0.05) is 23.2 Å². The average molecular weight is 414 g/mol. The third-order valence-electron chi connectivity index (χ3n) is 3.27. The first-order chi connectivity index (χ1) is 12.8. The van der Waals surface area contributed by atoms with E-state index < -0.39 is 30.2 Å². The zero-order valence-corrected chi connectivity index (χ0v) is 15.6. The number of aromatic nitrogens is 1. The number of carbonyl (C=O) groups excluding carboxylic acids is 3. The van der Waals surface area contributed by atoms with Gasteiger partial charge in [0.05, 0.1) is 11.6 Å². The van der Waals surface area contributed by atoms with Gasteiger partial charge in [0.2, 0.25) is 5.91 Å². The lowest BCUT2D eigenvalue weighted by Gasteiger charge is -2.16. The summed E-state index contributed by atoms with van der Waals surface area (Å²) in [6, 6.07) is 7.94. The van der Waals surface area contributed by atoms with Gasteiger partial charge >= 0.3 is 5.97 Å². The molecule has 7 nitrogen and oxygen atoms in total. The molecule has 1 N–H and O–H groups in total. The van der Waals surface area contributed by atoms with Crippen molar-refractivity contribution < 1.29 is 23.5 Å². The minimum atomic E-state index is -0.917. The van der Waals surface area contributed by atoms with Crippen LogP contribution in [0.3, 0.4) is 0 Å². The van der Waals surface area contributed by atoms with Gasteiger partial charge in [-0.15, -0.1) is 0 Å². The SMILES string of the molecule is CN(CC(=O)Nc1ccc(F)cc1)C(=O)COC(=O)c1nc(Cl)ccc1Cl. The molecule has 0 spiro atoms. The van der Waals surface area contributed by atoms with Gasteiger partial charge in [-0.25, -0.2) is 14.2 Å². The van der Waals surface area contributed by atoms with Crippen LogP contribution in [-0.2, 0) is 14.3 Å². The Kier molecular flexibility index (Phi) is 7.09. The quantitative estimate of drug-likeness (QED) is 0.580. The molecule has 1 aromatic carbocycles. The highest BCUT2D eigenvalue weighted by Crippen LogP contribution is 2.17.